The molecule has 1 amide bonds. The van der Waals surface area contributed by atoms with Gasteiger partial charge in [-0.15, -0.1) is 0 Å². The predicted octanol–water partition coefficient (Wildman–Crippen LogP) is 4.94. The molecule has 0 radical (unpaired) electrons. The molecule has 4 rings (SSSR count). The van der Waals surface area contributed by atoms with Crippen LogP contribution in [0.5, 0.6) is 0 Å². The van der Waals surface area contributed by atoms with Crippen LogP contribution < -0.4 is 15.5 Å². The average molecular weight is 480 g/mol. The van der Waals surface area contributed by atoms with Crippen LogP contribution in [0.3, 0.4) is 0 Å². The van der Waals surface area contributed by atoms with E-state index in [0.29, 0.717) is 42.4 Å². The Balaban J connectivity index is 1.66. The molecule has 0 spiro atoms. The molecule has 2 N–H and O–H groups in total. The molecule has 35 heavy (non-hydrogen) atoms. The molecule has 7 nitrogen and oxygen atoms in total. The number of ether oxygens (including phenoxy) is 1. The predicted molar refractivity (Wildman–Crippen MR) is 137 cm³/mol. The largest absolute Gasteiger partial charge is 0.378 e. The second-order valence-corrected chi connectivity index (χ2v) is 9.43. The number of morpholine rings is 1. The highest BCUT2D eigenvalue weighted by Gasteiger charge is 2.19. The van der Waals surface area contributed by atoms with Crippen molar-refractivity contribution >= 4 is 28.4 Å². The van der Waals surface area contributed by atoms with Crippen molar-refractivity contribution in [3.8, 4) is 0 Å². The molecule has 1 aliphatic rings. The monoisotopic (exact) mass is 479 g/mol. The minimum Gasteiger partial charge on any atom is -0.378 e. The number of rotatable bonds is 9. The summed E-state index contributed by atoms with van der Waals surface area (Å²) < 4.78 is 19.2. The van der Waals surface area contributed by atoms with E-state index in [1.54, 1.807) is 18.3 Å². The smallest absolute Gasteiger partial charge is 0.251 e. The highest BCUT2D eigenvalue weighted by molar-refractivity contribution is 5.98. The number of carbonyl (C=O) groups excluding carboxylic acids is 1. The molecule has 8 heteroatoms. The Bertz CT molecular complexity index is 1160. The zero-order valence-electron chi connectivity index (χ0n) is 20.7. The molecule has 0 saturated carbocycles. The van der Waals surface area contributed by atoms with Crippen molar-refractivity contribution in [2.45, 2.75) is 39.7 Å². The van der Waals surface area contributed by atoms with Crippen LogP contribution in [-0.2, 0) is 4.74 Å². The topological polar surface area (TPSA) is 79.4 Å². The highest BCUT2D eigenvalue weighted by atomic mass is 19.1. The van der Waals surface area contributed by atoms with Gasteiger partial charge in [-0.2, -0.15) is 0 Å². The van der Waals surface area contributed by atoms with Crippen molar-refractivity contribution in [2.75, 3.05) is 43.1 Å². The van der Waals surface area contributed by atoms with Gasteiger partial charge in [0.05, 0.1) is 36.5 Å². The van der Waals surface area contributed by atoms with Gasteiger partial charge in [-0.25, -0.2) is 9.37 Å². The van der Waals surface area contributed by atoms with Crippen molar-refractivity contribution in [1.29, 1.82) is 0 Å². The van der Waals surface area contributed by atoms with E-state index in [-0.39, 0.29) is 17.8 Å². The highest BCUT2D eigenvalue weighted by Crippen LogP contribution is 2.28. The number of nitrogens with one attached hydrogen (secondary N) is 2. The Morgan fingerprint density at radius 1 is 1.17 bits per heavy atom. The molecule has 1 aromatic heterocycles. The molecular formula is C27H34FN5O2. The standard InChI is InChI=1S/C27H34FN5O2/c1-18(2)6-5-9-29-27(34)20-14-23(19(3)31-22-8-4-7-21(28)16-22)26-24(15-20)30-17-25(32-26)33-10-12-35-13-11-33/h4,7-8,14-19,31H,5-6,9-13H2,1-3H3,(H,29,34). The van der Waals surface area contributed by atoms with Gasteiger partial charge in [-0.1, -0.05) is 19.9 Å². The summed E-state index contributed by atoms with van der Waals surface area (Å²) >= 11 is 0. The fourth-order valence-electron chi connectivity index (χ4n) is 4.26. The molecule has 3 aromatic rings. The Morgan fingerprint density at radius 2 is 1.97 bits per heavy atom. The number of halogens is 1. The number of fused-ring (bicyclic) bond motifs is 1. The first-order valence-electron chi connectivity index (χ1n) is 12.3. The summed E-state index contributed by atoms with van der Waals surface area (Å²) in [6.07, 6.45) is 3.75. The van der Waals surface area contributed by atoms with Gasteiger partial charge in [0.25, 0.3) is 5.91 Å². The van der Waals surface area contributed by atoms with Gasteiger partial charge >= 0.3 is 0 Å². The van der Waals surface area contributed by atoms with Crippen LogP contribution >= 0.6 is 0 Å². The van der Waals surface area contributed by atoms with E-state index in [1.807, 2.05) is 19.1 Å². The lowest BCUT2D eigenvalue weighted by molar-refractivity contribution is 0.0952. The minimum absolute atomic E-state index is 0.131. The normalized spacial score (nSPS) is 14.8. The quantitative estimate of drug-likeness (QED) is 0.423. The van der Waals surface area contributed by atoms with Gasteiger partial charge in [0.2, 0.25) is 0 Å². The van der Waals surface area contributed by atoms with Crippen molar-refractivity contribution in [1.82, 2.24) is 15.3 Å². The maximum Gasteiger partial charge on any atom is 0.251 e. The van der Waals surface area contributed by atoms with Crippen LogP contribution in [0, 0.1) is 11.7 Å². The molecule has 1 fully saturated rings. The third-order valence-electron chi connectivity index (χ3n) is 6.18. The van der Waals surface area contributed by atoms with Crippen LogP contribution in [0.1, 0.15) is 55.6 Å². The lowest BCUT2D eigenvalue weighted by Crippen LogP contribution is -2.36. The van der Waals surface area contributed by atoms with E-state index in [1.165, 1.54) is 12.1 Å². The molecule has 1 aliphatic heterocycles. The SMILES string of the molecule is CC(C)CCCNC(=O)c1cc(C(C)Nc2cccc(F)c2)c2nc(N3CCOCC3)cnc2c1. The number of anilines is 2. The zero-order valence-corrected chi connectivity index (χ0v) is 20.7. The molecule has 2 aromatic carbocycles. The van der Waals surface area contributed by atoms with Crippen LogP contribution in [0.15, 0.2) is 42.6 Å². The van der Waals surface area contributed by atoms with Crippen molar-refractivity contribution in [2.24, 2.45) is 5.92 Å². The van der Waals surface area contributed by atoms with E-state index in [4.69, 9.17) is 9.72 Å². The minimum atomic E-state index is -0.309. The number of amides is 1. The van der Waals surface area contributed by atoms with Gasteiger partial charge in [0, 0.05) is 36.4 Å². The molecule has 0 bridgehead atoms. The van der Waals surface area contributed by atoms with Gasteiger partial charge in [0.1, 0.15) is 11.6 Å². The second-order valence-electron chi connectivity index (χ2n) is 9.43. The molecule has 1 saturated heterocycles. The van der Waals surface area contributed by atoms with Crippen molar-refractivity contribution in [3.05, 3.63) is 59.5 Å². The van der Waals surface area contributed by atoms with Gasteiger partial charge in [-0.05, 0) is 56.0 Å². The van der Waals surface area contributed by atoms with E-state index in [0.717, 1.165) is 42.8 Å². The first kappa shape index (κ1) is 24.9. The number of benzene rings is 2. The third-order valence-corrected chi connectivity index (χ3v) is 6.18. The fraction of sp³-hybridized carbons (Fsp3) is 0.444. The summed E-state index contributed by atoms with van der Waals surface area (Å²) in [6, 6.07) is 9.78. The molecule has 2 heterocycles. The maximum atomic E-state index is 13.8. The number of carbonyl (C=O) groups is 1. The number of nitrogens with zero attached hydrogens (tertiary/aromatic N) is 3. The molecule has 1 atom stereocenters. The third kappa shape index (κ3) is 6.45. The van der Waals surface area contributed by atoms with E-state index in [9.17, 15) is 9.18 Å². The Morgan fingerprint density at radius 3 is 2.71 bits per heavy atom. The summed E-state index contributed by atoms with van der Waals surface area (Å²) in [6.45, 7) is 9.77. The van der Waals surface area contributed by atoms with Crippen LogP contribution in [0.4, 0.5) is 15.9 Å². The van der Waals surface area contributed by atoms with Gasteiger partial charge in [-0.3, -0.25) is 9.78 Å². The van der Waals surface area contributed by atoms with Crippen LogP contribution in [0.25, 0.3) is 11.0 Å². The molecule has 186 valence electrons. The average Bonchev–Trinajstić information content (AvgIpc) is 2.86. The lowest BCUT2D eigenvalue weighted by Gasteiger charge is -2.28. The Kier molecular flexibility index (Phi) is 8.13. The number of hydrogen-bond acceptors (Lipinski definition) is 6. The maximum absolute atomic E-state index is 13.8. The summed E-state index contributed by atoms with van der Waals surface area (Å²) in [5.74, 6) is 0.945. The van der Waals surface area contributed by atoms with Crippen molar-refractivity contribution < 1.29 is 13.9 Å². The molecular weight excluding hydrogens is 445 g/mol. The fourth-order valence-corrected chi connectivity index (χ4v) is 4.26. The second kappa shape index (κ2) is 11.4. The number of hydrogen-bond donors (Lipinski definition) is 2. The zero-order chi connectivity index (χ0) is 24.8. The van der Waals surface area contributed by atoms with E-state index in [2.05, 4.69) is 34.4 Å². The van der Waals surface area contributed by atoms with E-state index >= 15 is 0 Å². The van der Waals surface area contributed by atoms with Crippen LogP contribution in [0.2, 0.25) is 0 Å². The summed E-state index contributed by atoms with van der Waals surface area (Å²) in [5, 5.41) is 6.37. The lowest BCUT2D eigenvalue weighted by atomic mass is 10.0. The number of aromatic nitrogens is 2. The van der Waals surface area contributed by atoms with Gasteiger partial charge < -0.3 is 20.3 Å². The Hall–Kier alpha value is -3.26. The first-order valence-corrected chi connectivity index (χ1v) is 12.3. The van der Waals surface area contributed by atoms with Crippen molar-refractivity contribution in [3.63, 3.8) is 0 Å². The van der Waals surface area contributed by atoms with E-state index < -0.39 is 0 Å². The summed E-state index contributed by atoms with van der Waals surface area (Å²) in [7, 11) is 0. The van der Waals surface area contributed by atoms with Gasteiger partial charge in [0.15, 0.2) is 0 Å². The molecule has 1 unspecified atom stereocenters. The first-order chi connectivity index (χ1) is 16.9. The summed E-state index contributed by atoms with van der Waals surface area (Å²) in [5.41, 5.74) is 3.41. The Labute approximate surface area is 206 Å². The van der Waals surface area contributed by atoms with Crippen LogP contribution in [-0.4, -0.2) is 48.7 Å². The molecule has 0 aliphatic carbocycles. The summed E-state index contributed by atoms with van der Waals surface area (Å²) in [4.78, 5) is 24.7.